The summed E-state index contributed by atoms with van der Waals surface area (Å²) in [7, 11) is 0. The molecule has 3 rings (SSSR count). The van der Waals surface area contributed by atoms with E-state index in [4.69, 9.17) is 44.6 Å². The van der Waals surface area contributed by atoms with Crippen LogP contribution < -0.4 is 0 Å². The van der Waals surface area contributed by atoms with Crippen molar-refractivity contribution in [1.29, 1.82) is 0 Å². The summed E-state index contributed by atoms with van der Waals surface area (Å²) < 4.78 is 6.86. The van der Waals surface area contributed by atoms with Gasteiger partial charge in [-0.05, 0) is 23.7 Å². The largest absolute Gasteiger partial charge is 0.394 e. The van der Waals surface area contributed by atoms with Crippen LogP contribution >= 0.6 is 34.8 Å². The second kappa shape index (κ2) is 5.55. The summed E-state index contributed by atoms with van der Waals surface area (Å²) in [6, 6.07) is 3.21. The number of fused-ring (bicyclic) bond motifs is 1. The zero-order valence-electron chi connectivity index (χ0n) is 10.4. The lowest BCUT2D eigenvalue weighted by Gasteiger charge is -2.18. The van der Waals surface area contributed by atoms with Gasteiger partial charge in [0.15, 0.2) is 6.23 Å². The Morgan fingerprint density at radius 1 is 1.19 bits per heavy atom. The molecule has 0 saturated carbocycles. The Bertz CT molecular complexity index is 693. The Kier molecular flexibility index (Phi) is 4.04. The summed E-state index contributed by atoms with van der Waals surface area (Å²) in [5.74, 6) is 0. The summed E-state index contributed by atoms with van der Waals surface area (Å²) >= 11 is 18.1. The normalized spacial score (nSPS) is 29.4. The fraction of sp³-hybridized carbons (Fsp3) is 0.417. The first-order valence-corrected chi connectivity index (χ1v) is 7.23. The standard InChI is InChI=1S/C12H11Cl3N2O4/c13-4-1-2-5-8(7(4)14)16-12(15)17(5)11-10(20)9(19)6(3-18)21-11/h1-2,6,9-11,18-20H,3H2/t6-,9-,10-,11-/m1/s1. The van der Waals surface area contributed by atoms with Gasteiger partial charge in [-0.2, -0.15) is 0 Å². The average Bonchev–Trinajstić information content (AvgIpc) is 2.93. The zero-order valence-corrected chi connectivity index (χ0v) is 12.7. The fourth-order valence-corrected chi connectivity index (χ4v) is 3.04. The third kappa shape index (κ3) is 2.31. The molecule has 2 heterocycles. The van der Waals surface area contributed by atoms with Crippen molar-refractivity contribution >= 4 is 45.8 Å². The van der Waals surface area contributed by atoms with Gasteiger partial charge in [0.05, 0.1) is 22.2 Å². The van der Waals surface area contributed by atoms with E-state index in [1.165, 1.54) is 4.57 Å². The molecular formula is C12H11Cl3N2O4. The number of benzene rings is 1. The van der Waals surface area contributed by atoms with Gasteiger partial charge < -0.3 is 20.1 Å². The molecule has 6 nitrogen and oxygen atoms in total. The molecule has 1 aromatic carbocycles. The van der Waals surface area contributed by atoms with Crippen molar-refractivity contribution in [3.63, 3.8) is 0 Å². The van der Waals surface area contributed by atoms with E-state index in [1.807, 2.05) is 0 Å². The van der Waals surface area contributed by atoms with Crippen LogP contribution in [0.5, 0.6) is 0 Å². The van der Waals surface area contributed by atoms with Gasteiger partial charge in [0.1, 0.15) is 23.8 Å². The molecule has 0 aliphatic carbocycles. The van der Waals surface area contributed by atoms with Crippen LogP contribution in [0.25, 0.3) is 11.0 Å². The molecule has 0 radical (unpaired) electrons. The summed E-state index contributed by atoms with van der Waals surface area (Å²) in [4.78, 5) is 4.11. The highest BCUT2D eigenvalue weighted by molar-refractivity contribution is 6.45. The van der Waals surface area contributed by atoms with Crippen LogP contribution in [0.3, 0.4) is 0 Å². The molecule has 0 unspecified atom stereocenters. The maximum Gasteiger partial charge on any atom is 0.206 e. The molecule has 21 heavy (non-hydrogen) atoms. The minimum Gasteiger partial charge on any atom is -0.394 e. The lowest BCUT2D eigenvalue weighted by atomic mass is 10.1. The van der Waals surface area contributed by atoms with Crippen molar-refractivity contribution < 1.29 is 20.1 Å². The van der Waals surface area contributed by atoms with Crippen LogP contribution in [-0.2, 0) is 4.74 Å². The smallest absolute Gasteiger partial charge is 0.206 e. The molecule has 9 heteroatoms. The van der Waals surface area contributed by atoms with Gasteiger partial charge in [-0.1, -0.05) is 23.2 Å². The minimum atomic E-state index is -1.26. The Labute approximate surface area is 134 Å². The number of hydrogen-bond acceptors (Lipinski definition) is 5. The second-order valence-electron chi connectivity index (χ2n) is 4.71. The van der Waals surface area contributed by atoms with Gasteiger partial charge in [-0.15, -0.1) is 0 Å². The molecule has 2 aromatic rings. The Morgan fingerprint density at radius 3 is 2.52 bits per heavy atom. The number of ether oxygens (including phenoxy) is 1. The number of aliphatic hydroxyl groups excluding tert-OH is 3. The molecule has 0 bridgehead atoms. The summed E-state index contributed by atoms with van der Waals surface area (Å²) in [6.07, 6.45) is -4.36. The lowest BCUT2D eigenvalue weighted by Crippen LogP contribution is -2.33. The van der Waals surface area contributed by atoms with E-state index in [0.29, 0.717) is 16.1 Å². The van der Waals surface area contributed by atoms with Crippen LogP contribution in [0.2, 0.25) is 15.3 Å². The monoisotopic (exact) mass is 352 g/mol. The lowest BCUT2D eigenvalue weighted by molar-refractivity contribution is -0.0507. The third-order valence-electron chi connectivity index (χ3n) is 3.48. The number of hydrogen-bond donors (Lipinski definition) is 3. The molecule has 0 spiro atoms. The number of halogens is 3. The first kappa shape index (κ1) is 15.3. The van der Waals surface area contributed by atoms with Gasteiger partial charge in [-0.25, -0.2) is 4.98 Å². The Morgan fingerprint density at radius 2 is 1.90 bits per heavy atom. The summed E-state index contributed by atoms with van der Waals surface area (Å²) in [5, 5.41) is 29.7. The van der Waals surface area contributed by atoms with Crippen LogP contribution in [0, 0.1) is 0 Å². The predicted octanol–water partition coefficient (Wildman–Crippen LogP) is 1.61. The molecule has 1 aliphatic rings. The molecule has 1 aliphatic heterocycles. The highest BCUT2D eigenvalue weighted by Gasteiger charge is 2.44. The number of aliphatic hydroxyl groups is 3. The number of aromatic nitrogens is 2. The quantitative estimate of drug-likeness (QED) is 0.763. The summed E-state index contributed by atoms with van der Waals surface area (Å²) in [6.45, 7) is -0.425. The first-order valence-electron chi connectivity index (χ1n) is 6.09. The van der Waals surface area contributed by atoms with E-state index in [0.717, 1.165) is 0 Å². The van der Waals surface area contributed by atoms with E-state index in [1.54, 1.807) is 12.1 Å². The Hall–Kier alpha value is -0.600. The van der Waals surface area contributed by atoms with Crippen LogP contribution in [0.15, 0.2) is 12.1 Å². The zero-order chi connectivity index (χ0) is 15.3. The Balaban J connectivity index is 2.13. The molecular weight excluding hydrogens is 343 g/mol. The second-order valence-corrected chi connectivity index (χ2v) is 5.83. The highest BCUT2D eigenvalue weighted by atomic mass is 35.5. The fourth-order valence-electron chi connectivity index (χ4n) is 2.41. The molecule has 4 atom stereocenters. The van der Waals surface area contributed by atoms with E-state index in [-0.39, 0.29) is 10.3 Å². The van der Waals surface area contributed by atoms with E-state index in [2.05, 4.69) is 4.98 Å². The molecule has 0 amide bonds. The van der Waals surface area contributed by atoms with Gasteiger partial charge in [0, 0.05) is 0 Å². The van der Waals surface area contributed by atoms with Crippen LogP contribution in [0.1, 0.15) is 6.23 Å². The molecule has 1 saturated heterocycles. The van der Waals surface area contributed by atoms with Crippen molar-refractivity contribution in [2.45, 2.75) is 24.5 Å². The first-order chi connectivity index (χ1) is 9.95. The maximum absolute atomic E-state index is 10.1. The van der Waals surface area contributed by atoms with Gasteiger partial charge >= 0.3 is 0 Å². The number of imidazole rings is 1. The van der Waals surface area contributed by atoms with E-state index >= 15 is 0 Å². The SMILES string of the molecule is OC[C@H]1O[C@@H](n2c(Cl)nc3c(Cl)c(Cl)ccc32)[C@H](O)[C@@H]1O. The minimum absolute atomic E-state index is 0.0315. The van der Waals surface area contributed by atoms with Crippen LogP contribution in [0.4, 0.5) is 0 Å². The highest BCUT2D eigenvalue weighted by Crippen LogP contribution is 2.38. The van der Waals surface area contributed by atoms with Crippen molar-refractivity contribution in [3.8, 4) is 0 Å². The van der Waals surface area contributed by atoms with Gasteiger partial charge in [0.2, 0.25) is 5.28 Å². The summed E-state index contributed by atoms with van der Waals surface area (Å²) in [5.41, 5.74) is 0.871. The van der Waals surface area contributed by atoms with Gasteiger partial charge in [-0.3, -0.25) is 4.57 Å². The van der Waals surface area contributed by atoms with Crippen LogP contribution in [-0.4, -0.2) is 49.8 Å². The van der Waals surface area contributed by atoms with Crippen molar-refractivity contribution in [2.24, 2.45) is 0 Å². The van der Waals surface area contributed by atoms with Crippen molar-refractivity contribution in [3.05, 3.63) is 27.5 Å². The van der Waals surface area contributed by atoms with E-state index in [9.17, 15) is 10.2 Å². The molecule has 1 fully saturated rings. The topological polar surface area (TPSA) is 87.7 Å². The predicted molar refractivity (Wildman–Crippen MR) is 77.8 cm³/mol. The molecule has 3 N–H and O–H groups in total. The third-order valence-corrected chi connectivity index (χ3v) is 4.54. The number of rotatable bonds is 2. The van der Waals surface area contributed by atoms with Crippen molar-refractivity contribution in [1.82, 2.24) is 9.55 Å². The number of nitrogens with zero attached hydrogens (tertiary/aromatic N) is 2. The molecule has 114 valence electrons. The van der Waals surface area contributed by atoms with Crippen molar-refractivity contribution in [2.75, 3.05) is 6.61 Å². The van der Waals surface area contributed by atoms with Gasteiger partial charge in [0.25, 0.3) is 0 Å². The average molecular weight is 354 g/mol. The molecule has 1 aromatic heterocycles. The van der Waals surface area contributed by atoms with E-state index < -0.39 is 31.1 Å². The maximum atomic E-state index is 10.1.